The minimum atomic E-state index is -3.78. The Morgan fingerprint density at radius 2 is 1.68 bits per heavy atom. The molecule has 0 aliphatic carbocycles. The second kappa shape index (κ2) is 11.3. The number of carbonyl (C=O) groups is 1. The van der Waals surface area contributed by atoms with Crippen LogP contribution >= 0.6 is 0 Å². The molecule has 0 aromatic heterocycles. The van der Waals surface area contributed by atoms with Gasteiger partial charge in [0.2, 0.25) is 0 Å². The van der Waals surface area contributed by atoms with Gasteiger partial charge in [-0.15, -0.1) is 0 Å². The van der Waals surface area contributed by atoms with E-state index in [2.05, 4.69) is 15.2 Å². The summed E-state index contributed by atoms with van der Waals surface area (Å²) in [5.74, 6) is 0.828. The van der Waals surface area contributed by atoms with Crippen molar-refractivity contribution in [1.29, 1.82) is 0 Å². The van der Waals surface area contributed by atoms with Crippen molar-refractivity contribution in [2.45, 2.75) is 31.8 Å². The molecule has 0 unspecified atom stereocenters. The minimum Gasteiger partial charge on any atom is -0.494 e. The van der Waals surface area contributed by atoms with E-state index in [4.69, 9.17) is 9.47 Å². The molecule has 1 amide bonds. The maximum atomic E-state index is 12.6. The van der Waals surface area contributed by atoms with E-state index in [1.807, 2.05) is 45.0 Å². The third-order valence-corrected chi connectivity index (χ3v) is 5.89. The number of hydrogen-bond donors (Lipinski definition) is 2. The van der Waals surface area contributed by atoms with Crippen molar-refractivity contribution in [3.63, 3.8) is 0 Å². The molecule has 0 spiro atoms. The lowest BCUT2D eigenvalue weighted by atomic mass is 10.2. The van der Waals surface area contributed by atoms with Crippen molar-refractivity contribution >= 4 is 27.8 Å². The van der Waals surface area contributed by atoms with Gasteiger partial charge in [0.1, 0.15) is 11.5 Å². The Hall–Kier alpha value is -3.85. The van der Waals surface area contributed by atoms with Gasteiger partial charge in [-0.2, -0.15) is 5.10 Å². The molecule has 3 aromatic carbocycles. The number of rotatable bonds is 10. The summed E-state index contributed by atoms with van der Waals surface area (Å²) in [4.78, 5) is 12.5. The van der Waals surface area contributed by atoms with E-state index < -0.39 is 15.9 Å². The zero-order chi connectivity index (χ0) is 24.6. The predicted octanol–water partition coefficient (Wildman–Crippen LogP) is 4.44. The van der Waals surface area contributed by atoms with Crippen LogP contribution in [0.2, 0.25) is 0 Å². The molecule has 0 fully saturated rings. The fraction of sp³-hybridized carbons (Fsp3) is 0.200. The van der Waals surface area contributed by atoms with Gasteiger partial charge in [-0.05, 0) is 81.4 Å². The molecule has 178 valence electrons. The Balaban J connectivity index is 1.62. The van der Waals surface area contributed by atoms with Gasteiger partial charge < -0.3 is 9.47 Å². The monoisotopic (exact) mass is 481 g/mol. The van der Waals surface area contributed by atoms with E-state index >= 15 is 0 Å². The molecule has 3 aromatic rings. The van der Waals surface area contributed by atoms with E-state index in [1.165, 1.54) is 42.6 Å². The number of para-hydroxylation sites is 1. The summed E-state index contributed by atoms with van der Waals surface area (Å²) in [7, 11) is -3.78. The van der Waals surface area contributed by atoms with Gasteiger partial charge in [-0.3, -0.25) is 9.52 Å². The lowest BCUT2D eigenvalue weighted by molar-refractivity contribution is 0.0955. The number of hydrogen-bond acceptors (Lipinski definition) is 6. The second-order valence-corrected chi connectivity index (χ2v) is 9.17. The van der Waals surface area contributed by atoms with E-state index in [9.17, 15) is 13.2 Å². The van der Waals surface area contributed by atoms with E-state index in [0.717, 1.165) is 5.56 Å². The molecule has 0 bridgehead atoms. The standard InChI is InChI=1S/C25H27N3O5S/c1-4-32-22-13-15-23(16-14-22)34(30,31)28-21-11-9-19(10-12-21)25(29)27-26-17-20-7-5-6-8-24(20)33-18(2)3/h5-18,28H,4H2,1-3H3,(H,27,29)/b26-17+. The van der Waals surface area contributed by atoms with Crippen LogP contribution in [0.1, 0.15) is 36.7 Å². The van der Waals surface area contributed by atoms with Crippen molar-refractivity contribution in [2.24, 2.45) is 5.10 Å². The van der Waals surface area contributed by atoms with Crippen molar-refractivity contribution in [1.82, 2.24) is 5.43 Å². The average Bonchev–Trinajstić information content (AvgIpc) is 2.80. The molecular formula is C25H27N3O5S. The van der Waals surface area contributed by atoms with Gasteiger partial charge in [0.05, 0.1) is 23.8 Å². The molecule has 0 radical (unpaired) electrons. The largest absolute Gasteiger partial charge is 0.494 e. The van der Waals surface area contributed by atoms with Crippen LogP contribution in [0.3, 0.4) is 0 Å². The molecule has 0 atom stereocenters. The molecule has 0 aliphatic rings. The number of carbonyl (C=O) groups excluding carboxylic acids is 1. The van der Waals surface area contributed by atoms with Crippen molar-refractivity contribution in [3.8, 4) is 11.5 Å². The highest BCUT2D eigenvalue weighted by Gasteiger charge is 2.15. The molecule has 3 rings (SSSR count). The highest BCUT2D eigenvalue weighted by molar-refractivity contribution is 7.92. The predicted molar refractivity (Wildman–Crippen MR) is 132 cm³/mol. The summed E-state index contributed by atoms with van der Waals surface area (Å²) in [6, 6.07) is 19.5. The van der Waals surface area contributed by atoms with Crippen LogP contribution in [0.25, 0.3) is 0 Å². The van der Waals surface area contributed by atoms with Crippen LogP contribution in [0, 0.1) is 0 Å². The maximum absolute atomic E-state index is 12.6. The first kappa shape index (κ1) is 24.8. The summed E-state index contributed by atoms with van der Waals surface area (Å²) >= 11 is 0. The van der Waals surface area contributed by atoms with Gasteiger partial charge in [-0.1, -0.05) is 12.1 Å². The van der Waals surface area contributed by atoms with Gasteiger partial charge in [0.15, 0.2) is 0 Å². The number of hydrazone groups is 1. The van der Waals surface area contributed by atoms with E-state index in [1.54, 1.807) is 12.1 Å². The van der Waals surface area contributed by atoms with Crippen LogP contribution in [0.4, 0.5) is 5.69 Å². The smallest absolute Gasteiger partial charge is 0.271 e. The number of nitrogens with zero attached hydrogens (tertiary/aromatic N) is 1. The summed E-state index contributed by atoms with van der Waals surface area (Å²) in [5, 5.41) is 4.00. The van der Waals surface area contributed by atoms with Crippen molar-refractivity contribution in [2.75, 3.05) is 11.3 Å². The molecule has 9 heteroatoms. The van der Waals surface area contributed by atoms with Crippen LogP contribution in [0.15, 0.2) is 82.8 Å². The zero-order valence-corrected chi connectivity index (χ0v) is 20.0. The van der Waals surface area contributed by atoms with Gasteiger partial charge in [0.25, 0.3) is 15.9 Å². The second-order valence-electron chi connectivity index (χ2n) is 7.49. The normalized spacial score (nSPS) is 11.4. The third kappa shape index (κ3) is 6.82. The highest BCUT2D eigenvalue weighted by atomic mass is 32.2. The summed E-state index contributed by atoms with van der Waals surface area (Å²) in [6.07, 6.45) is 1.52. The van der Waals surface area contributed by atoms with Gasteiger partial charge in [0, 0.05) is 16.8 Å². The Labute approximate surface area is 199 Å². The number of benzene rings is 3. The Morgan fingerprint density at radius 3 is 2.32 bits per heavy atom. The highest BCUT2D eigenvalue weighted by Crippen LogP contribution is 2.20. The summed E-state index contributed by atoms with van der Waals surface area (Å²) in [6.45, 7) is 6.20. The fourth-order valence-electron chi connectivity index (χ4n) is 2.96. The first-order chi connectivity index (χ1) is 16.3. The molecule has 0 saturated carbocycles. The van der Waals surface area contributed by atoms with Gasteiger partial charge in [-0.25, -0.2) is 13.8 Å². The maximum Gasteiger partial charge on any atom is 0.271 e. The number of nitrogens with one attached hydrogen (secondary N) is 2. The zero-order valence-electron chi connectivity index (χ0n) is 19.2. The molecule has 0 saturated heterocycles. The molecule has 0 heterocycles. The minimum absolute atomic E-state index is 0.00881. The van der Waals surface area contributed by atoms with E-state index in [0.29, 0.717) is 29.4 Å². The van der Waals surface area contributed by atoms with Crippen LogP contribution in [-0.2, 0) is 10.0 Å². The Morgan fingerprint density at radius 1 is 1.00 bits per heavy atom. The summed E-state index contributed by atoms with van der Waals surface area (Å²) < 4.78 is 38.7. The first-order valence-corrected chi connectivity index (χ1v) is 12.2. The SMILES string of the molecule is CCOc1ccc(S(=O)(=O)Nc2ccc(C(=O)N/N=C/c3ccccc3OC(C)C)cc2)cc1. The Kier molecular flexibility index (Phi) is 8.26. The molecule has 34 heavy (non-hydrogen) atoms. The number of amides is 1. The van der Waals surface area contributed by atoms with Crippen LogP contribution in [-0.4, -0.2) is 33.3 Å². The molecular weight excluding hydrogens is 454 g/mol. The first-order valence-electron chi connectivity index (χ1n) is 10.7. The fourth-order valence-corrected chi connectivity index (χ4v) is 4.02. The van der Waals surface area contributed by atoms with Crippen molar-refractivity contribution in [3.05, 3.63) is 83.9 Å². The van der Waals surface area contributed by atoms with Crippen LogP contribution < -0.4 is 19.6 Å². The lowest BCUT2D eigenvalue weighted by Crippen LogP contribution is -2.18. The topological polar surface area (TPSA) is 106 Å². The molecule has 2 N–H and O–H groups in total. The number of anilines is 1. The molecule has 0 aliphatic heterocycles. The Bertz CT molecular complexity index is 1240. The average molecular weight is 482 g/mol. The lowest BCUT2D eigenvalue weighted by Gasteiger charge is -2.11. The molecule has 8 nitrogen and oxygen atoms in total. The van der Waals surface area contributed by atoms with Crippen LogP contribution in [0.5, 0.6) is 11.5 Å². The number of sulfonamides is 1. The summed E-state index contributed by atoms with van der Waals surface area (Å²) in [5.41, 5.74) is 3.85. The van der Waals surface area contributed by atoms with Gasteiger partial charge >= 0.3 is 0 Å². The third-order valence-electron chi connectivity index (χ3n) is 4.50. The van der Waals surface area contributed by atoms with Crippen molar-refractivity contribution < 1.29 is 22.7 Å². The number of ether oxygens (including phenoxy) is 2. The van der Waals surface area contributed by atoms with E-state index in [-0.39, 0.29) is 11.0 Å². The quantitative estimate of drug-likeness (QED) is 0.329.